The van der Waals surface area contributed by atoms with Gasteiger partial charge in [-0.2, -0.15) is 9.98 Å². The van der Waals surface area contributed by atoms with E-state index in [1.807, 2.05) is 11.7 Å². The average Bonchev–Trinajstić information content (AvgIpc) is 3.67. The Morgan fingerprint density at radius 2 is 2.17 bits per heavy atom. The first-order valence-corrected chi connectivity index (χ1v) is 12.4. The van der Waals surface area contributed by atoms with Crippen LogP contribution in [0.1, 0.15) is 32.1 Å². The number of carbonyl (C=O) groups is 1. The summed E-state index contributed by atoms with van der Waals surface area (Å²) in [6.07, 6.45) is 6.01. The second-order valence-corrected chi connectivity index (χ2v) is 9.63. The topological polar surface area (TPSA) is 169 Å². The molecule has 35 heavy (non-hydrogen) atoms. The number of amides is 1. The van der Waals surface area contributed by atoms with Gasteiger partial charge in [-0.05, 0) is 56.4 Å². The Morgan fingerprint density at radius 3 is 2.83 bits per heavy atom. The van der Waals surface area contributed by atoms with Crippen LogP contribution >= 0.6 is 0 Å². The van der Waals surface area contributed by atoms with E-state index in [0.29, 0.717) is 42.6 Å². The van der Waals surface area contributed by atoms with Crippen molar-refractivity contribution in [3.63, 3.8) is 0 Å². The van der Waals surface area contributed by atoms with Crippen LogP contribution in [0.15, 0.2) is 52.5 Å². The summed E-state index contributed by atoms with van der Waals surface area (Å²) in [5.74, 6) is -0.893. The number of halogens is 1. The third kappa shape index (κ3) is 7.99. The smallest absolute Gasteiger partial charge is 0.261 e. The van der Waals surface area contributed by atoms with E-state index in [1.54, 1.807) is 6.07 Å². The van der Waals surface area contributed by atoms with Crippen LogP contribution in [0.25, 0.3) is 11.3 Å². The van der Waals surface area contributed by atoms with E-state index in [-0.39, 0.29) is 11.3 Å². The maximum Gasteiger partial charge on any atom is 0.261 e. The highest BCUT2D eigenvalue weighted by Crippen LogP contribution is 2.20. The molecule has 1 amide bonds. The van der Waals surface area contributed by atoms with E-state index in [4.69, 9.17) is 6.69 Å². The SMILES string of the molecule is [2H]ONC(=O)[C@H](CCCCN=C(NC#N)NC1CC1)NS(=O)(=O)c1ccc(-c2cccc(F)c2)nc1. The lowest BCUT2D eigenvalue weighted by Gasteiger charge is -2.17. The molecule has 0 saturated heterocycles. The van der Waals surface area contributed by atoms with Crippen LogP contribution in [0.3, 0.4) is 0 Å². The van der Waals surface area contributed by atoms with Crippen LogP contribution in [-0.2, 0) is 14.8 Å². The third-order valence-electron chi connectivity index (χ3n) is 5.14. The molecule has 1 aromatic heterocycles. The quantitative estimate of drug-likeness (QED) is 0.0549. The minimum absolute atomic E-state index is 0.107. The summed E-state index contributed by atoms with van der Waals surface area (Å²) >= 11 is 0. The van der Waals surface area contributed by atoms with Crippen molar-refractivity contribution in [3.05, 3.63) is 48.4 Å². The number of hydrogen-bond acceptors (Lipinski definition) is 7. The molecule has 1 aliphatic carbocycles. The molecule has 1 fully saturated rings. The number of carbonyl (C=O) groups excluding carboxylic acids is 1. The number of rotatable bonds is 12. The highest BCUT2D eigenvalue weighted by atomic mass is 32.2. The zero-order chi connectivity index (χ0) is 26.0. The highest BCUT2D eigenvalue weighted by Gasteiger charge is 2.26. The van der Waals surface area contributed by atoms with Crippen LogP contribution in [0.4, 0.5) is 4.39 Å². The third-order valence-corrected chi connectivity index (χ3v) is 6.60. The molecule has 1 saturated carbocycles. The number of pyridine rings is 1. The lowest BCUT2D eigenvalue weighted by molar-refractivity contribution is -0.131. The van der Waals surface area contributed by atoms with E-state index >= 15 is 0 Å². The minimum atomic E-state index is -4.15. The Labute approximate surface area is 204 Å². The molecule has 186 valence electrons. The molecule has 1 aromatic carbocycles. The van der Waals surface area contributed by atoms with Crippen molar-refractivity contribution in [2.24, 2.45) is 4.99 Å². The molecule has 5 N–H and O–H groups in total. The number of nitrogens with zero attached hydrogens (tertiary/aromatic N) is 3. The molecular weight excluding hydrogens is 477 g/mol. The summed E-state index contributed by atoms with van der Waals surface area (Å²) in [6.45, 7) is 0.352. The van der Waals surface area contributed by atoms with E-state index in [0.717, 1.165) is 19.0 Å². The summed E-state index contributed by atoms with van der Waals surface area (Å²) < 4.78 is 48.2. The molecule has 0 radical (unpaired) electrons. The number of nitrogens with one attached hydrogen (secondary N) is 4. The lowest BCUT2D eigenvalue weighted by atomic mass is 10.1. The monoisotopic (exact) mass is 504 g/mol. The summed E-state index contributed by atoms with van der Waals surface area (Å²) in [7, 11) is -4.15. The van der Waals surface area contributed by atoms with Crippen LogP contribution in [0, 0.1) is 17.3 Å². The number of aliphatic imine (C=N–C) groups is 1. The molecule has 0 bridgehead atoms. The molecule has 2 aromatic rings. The molecule has 0 aliphatic heterocycles. The molecule has 3 rings (SSSR count). The Balaban J connectivity index is 1.60. The number of hydroxylamine groups is 1. The van der Waals surface area contributed by atoms with Crippen molar-refractivity contribution in [3.8, 4) is 17.5 Å². The maximum atomic E-state index is 13.5. The Bertz CT molecular complexity index is 1220. The van der Waals surface area contributed by atoms with Crippen LogP contribution < -0.4 is 20.8 Å². The van der Waals surface area contributed by atoms with Gasteiger partial charge in [-0.15, -0.1) is 0 Å². The molecule has 0 spiro atoms. The van der Waals surface area contributed by atoms with E-state index in [2.05, 4.69) is 30.5 Å². The fraction of sp³-hybridized carbons (Fsp3) is 0.364. The summed E-state index contributed by atoms with van der Waals surface area (Å²) in [5.41, 5.74) is 2.69. The van der Waals surface area contributed by atoms with Gasteiger partial charge in [0, 0.05) is 24.3 Å². The van der Waals surface area contributed by atoms with Crippen molar-refractivity contribution in [2.75, 3.05) is 6.54 Å². The van der Waals surface area contributed by atoms with E-state index in [1.165, 1.54) is 30.3 Å². The van der Waals surface area contributed by atoms with Gasteiger partial charge in [0.25, 0.3) is 5.91 Å². The average molecular weight is 505 g/mol. The minimum Gasteiger partial charge on any atom is -0.353 e. The maximum absolute atomic E-state index is 13.5. The Kier molecular flexibility index (Phi) is 8.55. The normalized spacial score (nSPS) is 15.0. The number of hydrogen-bond donors (Lipinski definition) is 5. The van der Waals surface area contributed by atoms with E-state index < -0.39 is 27.8 Å². The first-order valence-electron chi connectivity index (χ1n) is 11.4. The molecule has 0 unspecified atom stereocenters. The standard InChI is InChI=1S/C22H26FN7O4S/c23-16-5-3-4-15(12-16)19-10-9-18(13-26-19)35(33,34)30-20(21(31)29-32)6-1-2-11-25-22(27-14-24)28-17-7-8-17/h3-5,9-10,12-13,17,20,30,32H,1-2,6-8,11H2,(H,29,31)(H2,25,27,28)/t20-/m0/s1/i/hD. The zero-order valence-corrected chi connectivity index (χ0v) is 19.5. The molecule has 1 atom stereocenters. The van der Waals surface area contributed by atoms with Crippen molar-refractivity contribution < 1.29 is 24.2 Å². The van der Waals surface area contributed by atoms with Gasteiger partial charge in [-0.25, -0.2) is 18.3 Å². The highest BCUT2D eigenvalue weighted by molar-refractivity contribution is 7.89. The van der Waals surface area contributed by atoms with Crippen molar-refractivity contribution in [2.45, 2.75) is 49.1 Å². The predicted octanol–water partition coefficient (Wildman–Crippen LogP) is 1.39. The number of nitriles is 1. The summed E-state index contributed by atoms with van der Waals surface area (Å²) in [6, 6.07) is 7.57. The second-order valence-electron chi connectivity index (χ2n) is 7.91. The number of unbranched alkanes of at least 4 members (excludes halogenated alkanes) is 1. The van der Waals surface area contributed by atoms with Crippen LogP contribution in [0.2, 0.25) is 1.43 Å². The van der Waals surface area contributed by atoms with Gasteiger partial charge in [-0.1, -0.05) is 12.1 Å². The fourth-order valence-corrected chi connectivity index (χ4v) is 4.35. The number of sulfonamides is 1. The van der Waals surface area contributed by atoms with Gasteiger partial charge in [-0.3, -0.25) is 25.3 Å². The molecule has 11 nitrogen and oxygen atoms in total. The van der Waals surface area contributed by atoms with Gasteiger partial charge in [0.05, 0.1) is 5.69 Å². The molecule has 1 heterocycles. The van der Waals surface area contributed by atoms with Crippen molar-refractivity contribution >= 4 is 21.9 Å². The first kappa shape index (κ1) is 24.5. The van der Waals surface area contributed by atoms with Gasteiger partial charge in [0.15, 0.2) is 6.19 Å². The van der Waals surface area contributed by atoms with Gasteiger partial charge < -0.3 is 5.32 Å². The number of guanidine groups is 1. The molecular formula is C22H26FN7O4S. The predicted molar refractivity (Wildman–Crippen MR) is 125 cm³/mol. The largest absolute Gasteiger partial charge is 0.353 e. The van der Waals surface area contributed by atoms with Crippen molar-refractivity contribution in [1.82, 2.24) is 25.8 Å². The van der Waals surface area contributed by atoms with Crippen molar-refractivity contribution in [1.29, 1.82) is 5.26 Å². The van der Waals surface area contributed by atoms with Gasteiger partial charge in [0.1, 0.15) is 16.8 Å². The Hall–Kier alpha value is -3.60. The molecule has 13 heteroatoms. The zero-order valence-electron chi connectivity index (χ0n) is 19.7. The lowest BCUT2D eigenvalue weighted by Crippen LogP contribution is -2.45. The molecule has 1 aliphatic rings. The second kappa shape index (κ2) is 12.2. The fourth-order valence-electron chi connectivity index (χ4n) is 3.17. The van der Waals surface area contributed by atoms with Crippen LogP contribution in [-0.4, -0.2) is 49.1 Å². The number of benzene rings is 1. The van der Waals surface area contributed by atoms with Gasteiger partial charge in [0.2, 0.25) is 17.4 Å². The summed E-state index contributed by atoms with van der Waals surface area (Å²) in [4.78, 5) is 20.5. The van der Waals surface area contributed by atoms with Crippen LogP contribution in [0.5, 0.6) is 0 Å². The number of aromatic nitrogens is 1. The van der Waals surface area contributed by atoms with E-state index in [9.17, 15) is 17.6 Å². The van der Waals surface area contributed by atoms with Gasteiger partial charge >= 0.3 is 0 Å². The summed E-state index contributed by atoms with van der Waals surface area (Å²) in [5, 5.41) is 18.3. The Morgan fingerprint density at radius 1 is 1.34 bits per heavy atom. The first-order chi connectivity index (χ1) is 17.3.